The maximum Gasteiger partial charge on any atom is 0.222 e. The molecule has 1 amide bonds. The van der Waals surface area contributed by atoms with Gasteiger partial charge in [0.25, 0.3) is 0 Å². The fraction of sp³-hybridized carbons (Fsp3) is 0.571. The number of hydrogen-bond acceptors (Lipinski definition) is 3. The quantitative estimate of drug-likeness (QED) is 0.366. The van der Waals surface area contributed by atoms with Gasteiger partial charge in [0, 0.05) is 30.8 Å². The average molecular weight is 454 g/mol. The molecule has 1 saturated carbocycles. The minimum Gasteiger partial charge on any atom is -0.343 e. The maximum atomic E-state index is 12.8. The van der Waals surface area contributed by atoms with Crippen molar-refractivity contribution in [3.8, 4) is 0 Å². The summed E-state index contributed by atoms with van der Waals surface area (Å²) in [5, 5.41) is 0. The van der Waals surface area contributed by atoms with Crippen molar-refractivity contribution in [3.05, 3.63) is 56.8 Å². The van der Waals surface area contributed by atoms with Gasteiger partial charge in [0.1, 0.15) is 0 Å². The third-order valence-corrected chi connectivity index (χ3v) is 8.07. The Bertz CT molecular complexity index is 910. The molecule has 3 rings (SSSR count). The summed E-state index contributed by atoms with van der Waals surface area (Å²) in [6.45, 7) is 6.35. The summed E-state index contributed by atoms with van der Waals surface area (Å²) in [5.41, 5.74) is 4.09. The maximum absolute atomic E-state index is 12.8. The summed E-state index contributed by atoms with van der Waals surface area (Å²) in [6.07, 6.45) is 10.1. The van der Waals surface area contributed by atoms with Gasteiger partial charge in [-0.1, -0.05) is 49.9 Å². The minimum absolute atomic E-state index is 0.0795. The highest BCUT2D eigenvalue weighted by Gasteiger charge is 2.24. The number of nitrogens with zero attached hydrogens (tertiary/aromatic N) is 1. The van der Waals surface area contributed by atoms with Crippen LogP contribution in [0.5, 0.6) is 0 Å². The van der Waals surface area contributed by atoms with Crippen molar-refractivity contribution in [2.45, 2.75) is 91.0 Å². The predicted octanol–water partition coefficient (Wildman–Crippen LogP) is 6.93. The van der Waals surface area contributed by atoms with Crippen LogP contribution in [0.3, 0.4) is 0 Å². The monoisotopic (exact) mass is 453 g/mol. The van der Waals surface area contributed by atoms with Gasteiger partial charge >= 0.3 is 0 Å². The summed E-state index contributed by atoms with van der Waals surface area (Å²) in [5.74, 6) is 0.447. The second-order valence-electron chi connectivity index (χ2n) is 9.78. The van der Waals surface area contributed by atoms with E-state index in [9.17, 15) is 9.59 Å². The van der Waals surface area contributed by atoms with Gasteiger partial charge in [0.15, 0.2) is 5.78 Å². The molecule has 3 nitrogen and oxygen atoms in total. The number of carbonyl (C=O) groups is 2. The highest BCUT2D eigenvalue weighted by Crippen LogP contribution is 2.25. The Morgan fingerprint density at radius 1 is 1.03 bits per heavy atom. The van der Waals surface area contributed by atoms with Crippen molar-refractivity contribution in [2.75, 3.05) is 7.05 Å². The zero-order valence-electron chi connectivity index (χ0n) is 20.3. The molecule has 1 aromatic carbocycles. The fourth-order valence-electron chi connectivity index (χ4n) is 4.79. The van der Waals surface area contributed by atoms with Crippen LogP contribution >= 0.6 is 11.3 Å². The Kier molecular flexibility index (Phi) is 9.10. The molecule has 2 aromatic rings. The van der Waals surface area contributed by atoms with E-state index >= 15 is 0 Å². The van der Waals surface area contributed by atoms with Gasteiger partial charge in [-0.3, -0.25) is 9.59 Å². The predicted molar refractivity (Wildman–Crippen MR) is 135 cm³/mol. The molecule has 32 heavy (non-hydrogen) atoms. The lowest BCUT2D eigenvalue weighted by atomic mass is 9.93. The number of thiophene rings is 1. The van der Waals surface area contributed by atoms with E-state index in [1.54, 1.807) is 11.3 Å². The van der Waals surface area contributed by atoms with Gasteiger partial charge in [0.05, 0.1) is 4.88 Å². The molecule has 0 radical (unpaired) electrons. The van der Waals surface area contributed by atoms with E-state index in [1.807, 2.05) is 24.9 Å². The van der Waals surface area contributed by atoms with E-state index in [0.717, 1.165) is 37.0 Å². The first kappa shape index (κ1) is 24.7. The van der Waals surface area contributed by atoms with Gasteiger partial charge in [-0.2, -0.15) is 0 Å². The standard InChI is InChI=1S/C28H39NO2S/c1-20-13-14-22(3)23(17-20)9-8-12-25-15-16-27(32-25)26(30)18-21(2)19-28(31)29(4)24-10-6-5-7-11-24/h13-17,21,24H,5-12,18-19H2,1-4H3. The van der Waals surface area contributed by atoms with Crippen molar-refractivity contribution in [1.29, 1.82) is 0 Å². The summed E-state index contributed by atoms with van der Waals surface area (Å²) in [7, 11) is 1.94. The highest BCUT2D eigenvalue weighted by molar-refractivity contribution is 7.14. The Morgan fingerprint density at radius 2 is 1.78 bits per heavy atom. The lowest BCUT2D eigenvalue weighted by molar-refractivity contribution is -0.133. The van der Waals surface area contributed by atoms with Crippen LogP contribution in [0.25, 0.3) is 0 Å². The lowest BCUT2D eigenvalue weighted by Crippen LogP contribution is -2.39. The van der Waals surface area contributed by atoms with Crippen molar-refractivity contribution in [2.24, 2.45) is 5.92 Å². The molecule has 0 spiro atoms. The Hall–Kier alpha value is -1.94. The fourth-order valence-corrected chi connectivity index (χ4v) is 5.79. The number of Topliss-reactive ketones (excluding diaryl/α,β-unsaturated/α-hetero) is 1. The van der Waals surface area contributed by atoms with Gasteiger partial charge in [0.2, 0.25) is 5.91 Å². The first-order valence-corrected chi connectivity index (χ1v) is 13.1. The van der Waals surface area contributed by atoms with Gasteiger partial charge in [-0.15, -0.1) is 11.3 Å². The molecule has 174 valence electrons. The van der Waals surface area contributed by atoms with Crippen LogP contribution in [0.2, 0.25) is 0 Å². The normalized spacial score (nSPS) is 15.5. The number of carbonyl (C=O) groups excluding carboxylic acids is 2. The number of hydrogen-bond donors (Lipinski definition) is 0. The minimum atomic E-state index is 0.0795. The topological polar surface area (TPSA) is 37.4 Å². The summed E-state index contributed by atoms with van der Waals surface area (Å²) < 4.78 is 0. The highest BCUT2D eigenvalue weighted by atomic mass is 32.1. The number of amides is 1. The average Bonchev–Trinajstić information content (AvgIpc) is 3.25. The zero-order valence-corrected chi connectivity index (χ0v) is 21.1. The van der Waals surface area contributed by atoms with E-state index in [-0.39, 0.29) is 17.6 Å². The second-order valence-corrected chi connectivity index (χ2v) is 11.0. The van der Waals surface area contributed by atoms with Gasteiger partial charge in [-0.25, -0.2) is 0 Å². The van der Waals surface area contributed by atoms with E-state index < -0.39 is 0 Å². The Morgan fingerprint density at radius 3 is 2.53 bits per heavy atom. The van der Waals surface area contributed by atoms with Crippen LogP contribution in [0.1, 0.15) is 89.5 Å². The third kappa shape index (κ3) is 7.03. The molecule has 0 bridgehead atoms. The summed E-state index contributed by atoms with van der Waals surface area (Å²) in [4.78, 5) is 29.5. The SMILES string of the molecule is Cc1ccc(C)c(CCCc2ccc(C(=O)CC(C)CC(=O)N(C)C3CCCCC3)s2)c1. The van der Waals surface area contributed by atoms with E-state index in [2.05, 4.69) is 38.1 Å². The van der Waals surface area contributed by atoms with Crippen LogP contribution < -0.4 is 0 Å². The molecule has 0 aliphatic heterocycles. The van der Waals surface area contributed by atoms with Crippen LogP contribution in [-0.4, -0.2) is 29.7 Å². The number of benzene rings is 1. The summed E-state index contributed by atoms with van der Waals surface area (Å²) >= 11 is 1.63. The van der Waals surface area contributed by atoms with E-state index in [1.165, 1.54) is 40.8 Å². The molecule has 1 aromatic heterocycles. The van der Waals surface area contributed by atoms with Gasteiger partial charge < -0.3 is 4.90 Å². The number of ketones is 1. The van der Waals surface area contributed by atoms with Crippen LogP contribution in [-0.2, 0) is 17.6 Å². The third-order valence-electron chi connectivity index (χ3n) is 6.88. The molecule has 0 N–H and O–H groups in total. The molecule has 0 saturated heterocycles. The first-order valence-electron chi connectivity index (χ1n) is 12.3. The lowest BCUT2D eigenvalue weighted by Gasteiger charge is -2.32. The molecule has 1 fully saturated rings. The van der Waals surface area contributed by atoms with Gasteiger partial charge in [-0.05, 0) is 75.1 Å². The van der Waals surface area contributed by atoms with Crippen molar-refractivity contribution < 1.29 is 9.59 Å². The molecule has 4 heteroatoms. The van der Waals surface area contributed by atoms with E-state index in [4.69, 9.17) is 0 Å². The van der Waals surface area contributed by atoms with Crippen LogP contribution in [0, 0.1) is 19.8 Å². The Balaban J connectivity index is 1.44. The Labute approximate surface area is 198 Å². The van der Waals surface area contributed by atoms with E-state index in [0.29, 0.717) is 18.9 Å². The molecular formula is C28H39NO2S. The van der Waals surface area contributed by atoms with Crippen molar-refractivity contribution in [1.82, 2.24) is 4.90 Å². The molecule has 1 aliphatic carbocycles. The van der Waals surface area contributed by atoms with Crippen molar-refractivity contribution in [3.63, 3.8) is 0 Å². The first-order chi connectivity index (χ1) is 15.3. The zero-order chi connectivity index (χ0) is 23.1. The van der Waals surface area contributed by atoms with Crippen LogP contribution in [0.4, 0.5) is 0 Å². The number of aryl methyl sites for hydroxylation is 4. The smallest absolute Gasteiger partial charge is 0.222 e. The van der Waals surface area contributed by atoms with Crippen LogP contribution in [0.15, 0.2) is 30.3 Å². The van der Waals surface area contributed by atoms with Crippen molar-refractivity contribution >= 4 is 23.0 Å². The second kappa shape index (κ2) is 11.8. The molecule has 1 aliphatic rings. The molecule has 1 heterocycles. The largest absolute Gasteiger partial charge is 0.343 e. The molecule has 1 unspecified atom stereocenters. The number of rotatable bonds is 10. The molecular weight excluding hydrogens is 414 g/mol. The molecule has 1 atom stereocenters. The summed E-state index contributed by atoms with van der Waals surface area (Å²) in [6, 6.07) is 11.1.